The molecular formula is C10H10ClN3S. The van der Waals surface area contributed by atoms with Gasteiger partial charge < -0.3 is 4.90 Å². The van der Waals surface area contributed by atoms with E-state index in [0.29, 0.717) is 4.47 Å². The largest absolute Gasteiger partial charge is 0.368 e. The van der Waals surface area contributed by atoms with E-state index in [1.807, 2.05) is 25.2 Å². The first-order valence-corrected chi connectivity index (χ1v) is 5.69. The van der Waals surface area contributed by atoms with Gasteiger partial charge in [0.15, 0.2) is 0 Å². The van der Waals surface area contributed by atoms with Crippen molar-refractivity contribution in [1.29, 1.82) is 0 Å². The Labute approximate surface area is 97.3 Å². The standard InChI is InChI=1S/C10H10ClN3S/c1-14(8-5-3-2-4-6-8)7-9-12-13-10(11)15-9/h2-6H,7H2,1H3. The molecule has 0 bridgehead atoms. The van der Waals surface area contributed by atoms with Crippen LogP contribution in [0.5, 0.6) is 0 Å². The fraction of sp³-hybridized carbons (Fsp3) is 0.200. The predicted molar refractivity (Wildman–Crippen MR) is 63.5 cm³/mol. The second-order valence-corrected chi connectivity index (χ2v) is 4.78. The van der Waals surface area contributed by atoms with Crippen LogP contribution in [0.3, 0.4) is 0 Å². The van der Waals surface area contributed by atoms with E-state index in [4.69, 9.17) is 11.6 Å². The minimum Gasteiger partial charge on any atom is -0.368 e. The zero-order valence-corrected chi connectivity index (χ0v) is 9.79. The number of hydrogen-bond donors (Lipinski definition) is 0. The van der Waals surface area contributed by atoms with Crippen LogP contribution in [0, 0.1) is 0 Å². The third kappa shape index (κ3) is 2.67. The quantitative estimate of drug-likeness (QED) is 0.825. The number of benzene rings is 1. The van der Waals surface area contributed by atoms with Gasteiger partial charge in [-0.25, -0.2) is 0 Å². The van der Waals surface area contributed by atoms with E-state index >= 15 is 0 Å². The van der Waals surface area contributed by atoms with Crippen molar-refractivity contribution in [2.24, 2.45) is 0 Å². The lowest BCUT2D eigenvalue weighted by molar-refractivity contribution is 0.880. The summed E-state index contributed by atoms with van der Waals surface area (Å²) in [7, 11) is 2.02. The molecule has 0 fully saturated rings. The molecule has 0 aliphatic rings. The summed E-state index contributed by atoms with van der Waals surface area (Å²) in [6, 6.07) is 10.1. The average molecular weight is 240 g/mol. The summed E-state index contributed by atoms with van der Waals surface area (Å²) in [5.41, 5.74) is 1.16. The molecule has 2 rings (SSSR count). The summed E-state index contributed by atoms with van der Waals surface area (Å²) in [5, 5.41) is 8.67. The molecule has 0 aliphatic heterocycles. The van der Waals surface area contributed by atoms with Gasteiger partial charge in [-0.2, -0.15) is 0 Å². The third-order valence-corrected chi connectivity index (χ3v) is 3.02. The summed E-state index contributed by atoms with van der Waals surface area (Å²) in [6.45, 7) is 0.731. The lowest BCUT2D eigenvalue weighted by atomic mass is 10.3. The van der Waals surface area contributed by atoms with Gasteiger partial charge in [0.05, 0.1) is 6.54 Å². The second-order valence-electron chi connectivity index (χ2n) is 3.14. The molecule has 1 aromatic heterocycles. The second kappa shape index (κ2) is 4.59. The van der Waals surface area contributed by atoms with Crippen LogP contribution in [0.15, 0.2) is 30.3 Å². The molecule has 0 saturated carbocycles. The Morgan fingerprint density at radius 1 is 1.27 bits per heavy atom. The van der Waals surface area contributed by atoms with Gasteiger partial charge in [0.25, 0.3) is 0 Å². The van der Waals surface area contributed by atoms with Crippen molar-refractivity contribution in [3.05, 3.63) is 39.8 Å². The Hall–Kier alpha value is -1.13. The molecule has 0 amide bonds. The minimum absolute atomic E-state index is 0.492. The van der Waals surface area contributed by atoms with Gasteiger partial charge in [0.2, 0.25) is 4.47 Å². The smallest absolute Gasteiger partial charge is 0.207 e. The maximum atomic E-state index is 5.72. The number of para-hydroxylation sites is 1. The topological polar surface area (TPSA) is 29.0 Å². The maximum Gasteiger partial charge on any atom is 0.207 e. The Bertz CT molecular complexity index is 429. The van der Waals surface area contributed by atoms with E-state index in [1.54, 1.807) is 0 Å². The molecule has 0 saturated heterocycles. The van der Waals surface area contributed by atoms with E-state index in [1.165, 1.54) is 11.3 Å². The van der Waals surface area contributed by atoms with Crippen LogP contribution in [-0.4, -0.2) is 17.2 Å². The van der Waals surface area contributed by atoms with Crippen molar-refractivity contribution < 1.29 is 0 Å². The fourth-order valence-corrected chi connectivity index (χ4v) is 2.19. The number of anilines is 1. The van der Waals surface area contributed by atoms with Crippen LogP contribution >= 0.6 is 22.9 Å². The average Bonchev–Trinajstić information content (AvgIpc) is 2.65. The van der Waals surface area contributed by atoms with Crippen molar-refractivity contribution >= 4 is 28.6 Å². The molecule has 1 aromatic carbocycles. The van der Waals surface area contributed by atoms with Crippen molar-refractivity contribution in [2.75, 3.05) is 11.9 Å². The van der Waals surface area contributed by atoms with Crippen LogP contribution in [0.2, 0.25) is 4.47 Å². The number of halogens is 1. The molecule has 0 radical (unpaired) electrons. The Balaban J connectivity index is 2.07. The summed E-state index contributed by atoms with van der Waals surface area (Å²) in [5.74, 6) is 0. The van der Waals surface area contributed by atoms with Gasteiger partial charge in [0, 0.05) is 12.7 Å². The molecule has 0 atom stereocenters. The predicted octanol–water partition coefficient (Wildman–Crippen LogP) is 2.83. The molecular weight excluding hydrogens is 230 g/mol. The summed E-state index contributed by atoms with van der Waals surface area (Å²) in [4.78, 5) is 2.11. The van der Waals surface area contributed by atoms with E-state index < -0.39 is 0 Å². The van der Waals surface area contributed by atoms with Crippen molar-refractivity contribution in [1.82, 2.24) is 10.2 Å². The molecule has 5 heteroatoms. The molecule has 15 heavy (non-hydrogen) atoms. The minimum atomic E-state index is 0.492. The maximum absolute atomic E-state index is 5.72. The lowest BCUT2D eigenvalue weighted by Gasteiger charge is -2.16. The summed E-state index contributed by atoms with van der Waals surface area (Å²) >= 11 is 7.13. The van der Waals surface area contributed by atoms with Gasteiger partial charge in [0.1, 0.15) is 5.01 Å². The van der Waals surface area contributed by atoms with Crippen LogP contribution < -0.4 is 4.90 Å². The van der Waals surface area contributed by atoms with E-state index in [9.17, 15) is 0 Å². The van der Waals surface area contributed by atoms with Gasteiger partial charge >= 0.3 is 0 Å². The van der Waals surface area contributed by atoms with Crippen LogP contribution in [-0.2, 0) is 6.54 Å². The molecule has 0 N–H and O–H groups in total. The number of rotatable bonds is 3. The number of nitrogens with zero attached hydrogens (tertiary/aromatic N) is 3. The Morgan fingerprint density at radius 2 is 2.00 bits per heavy atom. The zero-order valence-electron chi connectivity index (χ0n) is 8.22. The zero-order chi connectivity index (χ0) is 10.7. The van der Waals surface area contributed by atoms with Crippen LogP contribution in [0.4, 0.5) is 5.69 Å². The molecule has 1 heterocycles. The number of hydrogen-bond acceptors (Lipinski definition) is 4. The van der Waals surface area contributed by atoms with Gasteiger partial charge in [-0.05, 0) is 23.7 Å². The lowest BCUT2D eigenvalue weighted by Crippen LogP contribution is -2.15. The van der Waals surface area contributed by atoms with Crippen LogP contribution in [0.1, 0.15) is 5.01 Å². The molecule has 0 spiro atoms. The fourth-order valence-electron chi connectivity index (χ4n) is 1.27. The highest BCUT2D eigenvalue weighted by molar-refractivity contribution is 7.15. The highest BCUT2D eigenvalue weighted by atomic mass is 35.5. The molecule has 2 aromatic rings. The van der Waals surface area contributed by atoms with Crippen molar-refractivity contribution in [3.63, 3.8) is 0 Å². The van der Waals surface area contributed by atoms with Crippen molar-refractivity contribution in [2.45, 2.75) is 6.54 Å². The van der Waals surface area contributed by atoms with Gasteiger partial charge in [-0.15, -0.1) is 10.2 Å². The van der Waals surface area contributed by atoms with Gasteiger partial charge in [-0.3, -0.25) is 0 Å². The first-order chi connectivity index (χ1) is 7.25. The molecule has 0 aliphatic carbocycles. The summed E-state index contributed by atoms with van der Waals surface area (Å²) < 4.78 is 0.492. The van der Waals surface area contributed by atoms with Gasteiger partial charge in [-0.1, -0.05) is 29.5 Å². The van der Waals surface area contributed by atoms with E-state index in [0.717, 1.165) is 17.2 Å². The SMILES string of the molecule is CN(Cc1nnc(Cl)s1)c1ccccc1. The summed E-state index contributed by atoms with van der Waals surface area (Å²) in [6.07, 6.45) is 0. The van der Waals surface area contributed by atoms with E-state index in [-0.39, 0.29) is 0 Å². The Morgan fingerprint density at radius 3 is 2.60 bits per heavy atom. The van der Waals surface area contributed by atoms with Crippen LogP contribution in [0.25, 0.3) is 0 Å². The molecule has 3 nitrogen and oxygen atoms in total. The Kier molecular flexibility index (Phi) is 3.18. The van der Waals surface area contributed by atoms with E-state index in [2.05, 4.69) is 27.2 Å². The van der Waals surface area contributed by atoms with Crippen molar-refractivity contribution in [3.8, 4) is 0 Å². The normalized spacial score (nSPS) is 10.3. The first-order valence-electron chi connectivity index (χ1n) is 4.50. The third-order valence-electron chi connectivity index (χ3n) is 2.01. The first kappa shape index (κ1) is 10.4. The highest BCUT2D eigenvalue weighted by Gasteiger charge is 2.05. The molecule has 0 unspecified atom stereocenters. The monoisotopic (exact) mass is 239 g/mol. The number of aromatic nitrogens is 2. The highest BCUT2D eigenvalue weighted by Crippen LogP contribution is 2.19. The molecule has 78 valence electrons.